The van der Waals surface area contributed by atoms with Crippen molar-refractivity contribution in [1.82, 2.24) is 19.9 Å². The second-order valence-electron chi connectivity index (χ2n) is 5.34. The van der Waals surface area contributed by atoms with Crippen LogP contribution in [0, 0.1) is 0 Å². The van der Waals surface area contributed by atoms with Crippen LogP contribution in [0.3, 0.4) is 0 Å². The van der Waals surface area contributed by atoms with Crippen molar-refractivity contribution >= 4 is 23.2 Å². The molecule has 0 aliphatic carbocycles. The van der Waals surface area contributed by atoms with Gasteiger partial charge in [-0.15, -0.1) is 10.2 Å². The number of aromatic nitrogens is 3. The van der Waals surface area contributed by atoms with Crippen molar-refractivity contribution in [2.24, 2.45) is 0 Å². The van der Waals surface area contributed by atoms with Gasteiger partial charge in [-0.1, -0.05) is 23.7 Å². The van der Waals surface area contributed by atoms with Crippen molar-refractivity contribution in [1.29, 1.82) is 0 Å². The second kappa shape index (κ2) is 5.55. The standard InChI is InChI=1S/C16H13ClN4O2/c17-12-3-1-2-11-13(6-7-23-15(11)12)19-16(22)10-4-5-14-20-18-9-21(14)8-10/h1-5,8-9,13H,6-7H2,(H,19,22). The molecule has 7 heteroatoms. The molecule has 2 aromatic heterocycles. The number of benzene rings is 1. The Morgan fingerprint density at radius 3 is 3.17 bits per heavy atom. The Balaban J connectivity index is 1.61. The van der Waals surface area contributed by atoms with Gasteiger partial charge in [-0.3, -0.25) is 9.20 Å². The summed E-state index contributed by atoms with van der Waals surface area (Å²) in [6.45, 7) is 0.520. The maximum Gasteiger partial charge on any atom is 0.253 e. The van der Waals surface area contributed by atoms with Gasteiger partial charge in [0.25, 0.3) is 5.91 Å². The third-order valence-corrected chi connectivity index (χ3v) is 4.18. The summed E-state index contributed by atoms with van der Waals surface area (Å²) in [4.78, 5) is 12.5. The molecule has 3 heterocycles. The lowest BCUT2D eigenvalue weighted by atomic mass is 10.00. The molecule has 1 unspecified atom stereocenters. The molecule has 0 fully saturated rings. The highest BCUT2D eigenvalue weighted by atomic mass is 35.5. The summed E-state index contributed by atoms with van der Waals surface area (Å²) in [5.74, 6) is 0.499. The van der Waals surface area contributed by atoms with Crippen molar-refractivity contribution in [3.8, 4) is 5.75 Å². The summed E-state index contributed by atoms with van der Waals surface area (Å²) in [7, 11) is 0. The summed E-state index contributed by atoms with van der Waals surface area (Å²) in [6.07, 6.45) is 3.98. The van der Waals surface area contributed by atoms with Crippen molar-refractivity contribution in [2.75, 3.05) is 6.61 Å². The van der Waals surface area contributed by atoms with Crippen molar-refractivity contribution in [3.05, 3.63) is 59.0 Å². The van der Waals surface area contributed by atoms with E-state index in [1.54, 1.807) is 35.1 Å². The SMILES string of the molecule is O=C(NC1CCOc2c(Cl)cccc21)c1ccc2nncn2c1. The number of hydrogen-bond donors (Lipinski definition) is 1. The first kappa shape index (κ1) is 14.0. The van der Waals surface area contributed by atoms with E-state index < -0.39 is 0 Å². The Morgan fingerprint density at radius 1 is 1.35 bits per heavy atom. The molecule has 4 rings (SSSR count). The minimum absolute atomic E-state index is 0.124. The van der Waals surface area contributed by atoms with Gasteiger partial charge in [0.2, 0.25) is 0 Å². The molecule has 6 nitrogen and oxygen atoms in total. The molecule has 116 valence electrons. The lowest BCUT2D eigenvalue weighted by molar-refractivity contribution is 0.0924. The van der Waals surface area contributed by atoms with Crippen molar-refractivity contribution < 1.29 is 9.53 Å². The molecule has 0 saturated heterocycles. The summed E-state index contributed by atoms with van der Waals surface area (Å²) < 4.78 is 7.33. The number of hydrogen-bond acceptors (Lipinski definition) is 4. The Morgan fingerprint density at radius 2 is 2.26 bits per heavy atom. The Kier molecular flexibility index (Phi) is 3.38. The molecule has 1 aromatic carbocycles. The topological polar surface area (TPSA) is 68.5 Å². The molecule has 1 N–H and O–H groups in total. The normalized spacial score (nSPS) is 16.7. The third kappa shape index (κ3) is 2.51. The van der Waals surface area contributed by atoms with Crippen LogP contribution in [0.5, 0.6) is 5.75 Å². The minimum Gasteiger partial charge on any atom is -0.492 e. The lowest BCUT2D eigenvalue weighted by Crippen LogP contribution is -2.32. The number of carbonyl (C=O) groups is 1. The van der Waals surface area contributed by atoms with Crippen LogP contribution in [0.25, 0.3) is 5.65 Å². The zero-order chi connectivity index (χ0) is 15.8. The lowest BCUT2D eigenvalue weighted by Gasteiger charge is -2.27. The molecular formula is C16H13ClN4O2. The summed E-state index contributed by atoms with van der Waals surface area (Å²) in [5.41, 5.74) is 2.15. The van der Waals surface area contributed by atoms with Gasteiger partial charge in [-0.05, 0) is 18.2 Å². The quantitative estimate of drug-likeness (QED) is 0.785. The van der Waals surface area contributed by atoms with Crippen LogP contribution >= 0.6 is 11.6 Å². The molecule has 1 aliphatic heterocycles. The van der Waals surface area contributed by atoms with E-state index in [0.29, 0.717) is 35.0 Å². The van der Waals surface area contributed by atoms with Gasteiger partial charge in [0, 0.05) is 18.2 Å². The van der Waals surface area contributed by atoms with Crippen LogP contribution in [0.15, 0.2) is 42.9 Å². The average Bonchev–Trinajstić information content (AvgIpc) is 3.03. The maximum atomic E-state index is 12.5. The number of nitrogens with one attached hydrogen (secondary N) is 1. The number of amides is 1. The monoisotopic (exact) mass is 328 g/mol. The summed E-state index contributed by atoms with van der Waals surface area (Å²) in [6, 6.07) is 8.94. The molecule has 0 spiro atoms. The average molecular weight is 329 g/mol. The molecule has 1 atom stereocenters. The molecule has 1 amide bonds. The number of rotatable bonds is 2. The van der Waals surface area contributed by atoms with E-state index in [4.69, 9.17) is 16.3 Å². The first-order valence-corrected chi connectivity index (χ1v) is 7.61. The molecule has 0 saturated carbocycles. The van der Waals surface area contributed by atoms with Gasteiger partial charge in [0.15, 0.2) is 5.65 Å². The van der Waals surface area contributed by atoms with E-state index in [1.165, 1.54) is 0 Å². The third-order valence-electron chi connectivity index (χ3n) is 3.88. The number of ether oxygens (including phenoxy) is 1. The predicted molar refractivity (Wildman–Crippen MR) is 84.8 cm³/mol. The van der Waals surface area contributed by atoms with E-state index in [9.17, 15) is 4.79 Å². The fourth-order valence-electron chi connectivity index (χ4n) is 2.74. The fourth-order valence-corrected chi connectivity index (χ4v) is 2.98. The van der Waals surface area contributed by atoms with Crippen LogP contribution in [0.2, 0.25) is 5.02 Å². The van der Waals surface area contributed by atoms with Crippen LogP contribution in [-0.4, -0.2) is 27.1 Å². The van der Waals surface area contributed by atoms with E-state index in [0.717, 1.165) is 5.56 Å². The highest BCUT2D eigenvalue weighted by Crippen LogP contribution is 2.37. The number of halogens is 1. The second-order valence-corrected chi connectivity index (χ2v) is 5.74. The number of carbonyl (C=O) groups excluding carboxylic acids is 1. The van der Waals surface area contributed by atoms with Crippen LogP contribution in [0.1, 0.15) is 28.4 Å². The molecule has 23 heavy (non-hydrogen) atoms. The summed E-state index contributed by atoms with van der Waals surface area (Å²) in [5, 5.41) is 11.3. The number of nitrogens with zero attached hydrogens (tertiary/aromatic N) is 3. The van der Waals surface area contributed by atoms with Crippen molar-refractivity contribution in [2.45, 2.75) is 12.5 Å². The summed E-state index contributed by atoms with van der Waals surface area (Å²) >= 11 is 6.16. The van der Waals surface area contributed by atoms with Crippen molar-refractivity contribution in [3.63, 3.8) is 0 Å². The van der Waals surface area contributed by atoms with E-state index >= 15 is 0 Å². The first-order valence-electron chi connectivity index (χ1n) is 7.24. The van der Waals surface area contributed by atoms with Gasteiger partial charge in [-0.25, -0.2) is 0 Å². The van der Waals surface area contributed by atoms with Gasteiger partial charge < -0.3 is 10.1 Å². The number of para-hydroxylation sites is 1. The zero-order valence-corrected chi connectivity index (χ0v) is 12.8. The van der Waals surface area contributed by atoms with E-state index in [1.807, 2.05) is 12.1 Å². The highest BCUT2D eigenvalue weighted by molar-refractivity contribution is 6.32. The Labute approximate surface area is 137 Å². The Hall–Kier alpha value is -2.60. The smallest absolute Gasteiger partial charge is 0.253 e. The van der Waals surface area contributed by atoms with Gasteiger partial charge in [0.05, 0.1) is 23.2 Å². The largest absolute Gasteiger partial charge is 0.492 e. The van der Waals surface area contributed by atoms with Gasteiger partial charge in [-0.2, -0.15) is 0 Å². The maximum absolute atomic E-state index is 12.5. The highest BCUT2D eigenvalue weighted by Gasteiger charge is 2.25. The fraction of sp³-hybridized carbons (Fsp3) is 0.188. The van der Waals surface area contributed by atoms with Crippen LogP contribution < -0.4 is 10.1 Å². The first-order chi connectivity index (χ1) is 11.2. The van der Waals surface area contributed by atoms with E-state index in [2.05, 4.69) is 15.5 Å². The molecule has 1 aliphatic rings. The van der Waals surface area contributed by atoms with Gasteiger partial charge in [0.1, 0.15) is 12.1 Å². The van der Waals surface area contributed by atoms with Gasteiger partial charge >= 0.3 is 0 Å². The molecule has 3 aromatic rings. The van der Waals surface area contributed by atoms with E-state index in [-0.39, 0.29) is 11.9 Å². The zero-order valence-electron chi connectivity index (χ0n) is 12.1. The predicted octanol–water partition coefficient (Wildman–Crippen LogP) is 2.64. The molecule has 0 radical (unpaired) electrons. The molecular weight excluding hydrogens is 316 g/mol. The Bertz CT molecular complexity index is 893. The minimum atomic E-state index is -0.154. The molecule has 0 bridgehead atoms. The van der Waals surface area contributed by atoms with Crippen LogP contribution in [0.4, 0.5) is 0 Å². The number of fused-ring (bicyclic) bond motifs is 2. The van der Waals surface area contributed by atoms with Crippen LogP contribution in [-0.2, 0) is 0 Å². The number of pyridine rings is 1.